The molecule has 0 bridgehead atoms. The fraction of sp³-hybridized carbons (Fsp3) is 0.182. The Morgan fingerprint density at radius 1 is 1.25 bits per heavy atom. The third-order valence-electron chi connectivity index (χ3n) is 1.96. The van der Waals surface area contributed by atoms with Crippen molar-refractivity contribution in [1.29, 1.82) is 5.26 Å². The molecule has 0 fully saturated rings. The molecule has 5 heteroatoms. The molecule has 84 valence electrons. The Hall–Kier alpha value is -1.47. The highest BCUT2D eigenvalue weighted by molar-refractivity contribution is 6.30. The van der Waals surface area contributed by atoms with E-state index in [0.29, 0.717) is 5.02 Å². The summed E-state index contributed by atoms with van der Waals surface area (Å²) in [7, 11) is 0. The van der Waals surface area contributed by atoms with Crippen molar-refractivity contribution in [2.75, 3.05) is 0 Å². The zero-order chi connectivity index (χ0) is 12.3. The van der Waals surface area contributed by atoms with E-state index in [1.807, 2.05) is 0 Å². The lowest BCUT2D eigenvalue weighted by Crippen LogP contribution is -2.12. The van der Waals surface area contributed by atoms with E-state index < -0.39 is 11.7 Å². The van der Waals surface area contributed by atoms with Crippen LogP contribution in [0.15, 0.2) is 29.8 Å². The molecule has 0 aromatic heterocycles. The van der Waals surface area contributed by atoms with Gasteiger partial charge in [-0.2, -0.15) is 18.4 Å². The van der Waals surface area contributed by atoms with Crippen LogP contribution in [-0.2, 0) is 0 Å². The molecular formula is C11H7ClF3N. The number of alkyl halides is 3. The molecule has 0 radical (unpaired) electrons. The monoisotopic (exact) mass is 245 g/mol. The van der Waals surface area contributed by atoms with Gasteiger partial charge in [0, 0.05) is 10.6 Å². The quantitative estimate of drug-likeness (QED) is 0.680. The Kier molecular flexibility index (Phi) is 3.61. The highest BCUT2D eigenvalue weighted by Gasteiger charge is 2.36. The lowest BCUT2D eigenvalue weighted by Gasteiger charge is -2.12. The van der Waals surface area contributed by atoms with E-state index in [2.05, 4.69) is 0 Å². The predicted molar refractivity (Wildman–Crippen MR) is 55.7 cm³/mol. The highest BCUT2D eigenvalue weighted by atomic mass is 35.5. The average Bonchev–Trinajstić information content (AvgIpc) is 2.19. The molecule has 0 heterocycles. The van der Waals surface area contributed by atoms with Gasteiger partial charge in [0.15, 0.2) is 0 Å². The minimum Gasteiger partial charge on any atom is -0.193 e. The van der Waals surface area contributed by atoms with Crippen molar-refractivity contribution in [3.8, 4) is 6.07 Å². The van der Waals surface area contributed by atoms with E-state index in [0.717, 1.165) is 6.92 Å². The van der Waals surface area contributed by atoms with Gasteiger partial charge in [0.1, 0.15) is 0 Å². The van der Waals surface area contributed by atoms with Crippen molar-refractivity contribution in [2.45, 2.75) is 13.1 Å². The van der Waals surface area contributed by atoms with Crippen LogP contribution in [0.25, 0.3) is 5.57 Å². The predicted octanol–water partition coefficient (Wildman–Crippen LogP) is 4.20. The molecule has 0 atom stereocenters. The second kappa shape index (κ2) is 4.58. The second-order valence-corrected chi connectivity index (χ2v) is 3.55. The van der Waals surface area contributed by atoms with Gasteiger partial charge in [-0.3, -0.25) is 0 Å². The highest BCUT2D eigenvalue weighted by Crippen LogP contribution is 2.36. The summed E-state index contributed by atoms with van der Waals surface area (Å²) in [5, 5.41) is 8.90. The molecule has 0 aliphatic rings. The molecule has 0 aliphatic heterocycles. The summed E-state index contributed by atoms with van der Waals surface area (Å²) < 4.78 is 38.1. The van der Waals surface area contributed by atoms with Crippen molar-refractivity contribution in [3.05, 3.63) is 40.4 Å². The van der Waals surface area contributed by atoms with Crippen molar-refractivity contribution < 1.29 is 13.2 Å². The maximum absolute atomic E-state index is 12.7. The molecule has 1 aromatic rings. The van der Waals surface area contributed by atoms with Crippen LogP contribution >= 0.6 is 11.6 Å². The summed E-state index contributed by atoms with van der Waals surface area (Å²) in [6.45, 7) is 1.14. The smallest absolute Gasteiger partial charge is 0.193 e. The van der Waals surface area contributed by atoms with Crippen molar-refractivity contribution in [1.82, 2.24) is 0 Å². The van der Waals surface area contributed by atoms with E-state index in [4.69, 9.17) is 16.9 Å². The maximum atomic E-state index is 12.7. The third kappa shape index (κ3) is 2.77. The van der Waals surface area contributed by atoms with E-state index in [1.54, 1.807) is 0 Å². The van der Waals surface area contributed by atoms with Gasteiger partial charge in [-0.25, -0.2) is 0 Å². The van der Waals surface area contributed by atoms with Crippen molar-refractivity contribution >= 4 is 17.2 Å². The van der Waals surface area contributed by atoms with Crippen LogP contribution in [0.3, 0.4) is 0 Å². The van der Waals surface area contributed by atoms with Gasteiger partial charge in [0.05, 0.1) is 11.6 Å². The molecular weight excluding hydrogens is 239 g/mol. The number of hydrogen-bond acceptors (Lipinski definition) is 1. The molecule has 0 aliphatic carbocycles. The lowest BCUT2D eigenvalue weighted by atomic mass is 10.0. The molecule has 1 rings (SSSR count). The molecule has 0 amide bonds. The van der Waals surface area contributed by atoms with Crippen LogP contribution in [0.1, 0.15) is 12.5 Å². The summed E-state index contributed by atoms with van der Waals surface area (Å²) in [6, 6.07) is 6.70. The first-order valence-electron chi connectivity index (χ1n) is 4.30. The van der Waals surface area contributed by atoms with Crippen LogP contribution in [0.2, 0.25) is 5.02 Å². The van der Waals surface area contributed by atoms with Gasteiger partial charge in [0.25, 0.3) is 0 Å². The van der Waals surface area contributed by atoms with E-state index >= 15 is 0 Å². The van der Waals surface area contributed by atoms with Gasteiger partial charge in [-0.1, -0.05) is 23.7 Å². The maximum Gasteiger partial charge on any atom is 0.417 e. The molecule has 0 unspecified atom stereocenters. The van der Waals surface area contributed by atoms with E-state index in [9.17, 15) is 13.2 Å². The normalized spacial score (nSPS) is 13.0. The lowest BCUT2D eigenvalue weighted by molar-refractivity contribution is -0.0692. The largest absolute Gasteiger partial charge is 0.417 e. The second-order valence-electron chi connectivity index (χ2n) is 3.12. The number of rotatable bonds is 1. The SMILES string of the molecule is C/C(C#N)=C(\c1ccc(Cl)cc1)C(F)(F)F. The summed E-state index contributed by atoms with van der Waals surface area (Å²) in [6.07, 6.45) is -4.55. The summed E-state index contributed by atoms with van der Waals surface area (Å²) in [5.41, 5.74) is -1.35. The van der Waals surface area contributed by atoms with E-state index in [-0.39, 0.29) is 11.1 Å². The Balaban J connectivity index is 3.36. The van der Waals surface area contributed by atoms with E-state index in [1.165, 1.54) is 30.3 Å². The number of nitriles is 1. The van der Waals surface area contributed by atoms with Crippen LogP contribution in [0.4, 0.5) is 13.2 Å². The number of halogens is 4. The summed E-state index contributed by atoms with van der Waals surface area (Å²) >= 11 is 5.58. The zero-order valence-electron chi connectivity index (χ0n) is 8.27. The summed E-state index contributed by atoms with van der Waals surface area (Å²) in [5.74, 6) is 0. The van der Waals surface area contributed by atoms with Crippen molar-refractivity contribution in [3.63, 3.8) is 0 Å². The first kappa shape index (κ1) is 12.6. The van der Waals surface area contributed by atoms with Gasteiger partial charge < -0.3 is 0 Å². The van der Waals surface area contributed by atoms with Crippen LogP contribution in [-0.4, -0.2) is 6.18 Å². The fourth-order valence-corrected chi connectivity index (χ4v) is 1.39. The Morgan fingerprint density at radius 3 is 2.12 bits per heavy atom. The molecule has 0 saturated carbocycles. The molecule has 16 heavy (non-hydrogen) atoms. The molecule has 1 aromatic carbocycles. The minimum absolute atomic E-state index is 0.0593. The third-order valence-corrected chi connectivity index (χ3v) is 2.21. The average molecular weight is 246 g/mol. The Bertz CT molecular complexity index is 452. The standard InChI is InChI=1S/C11H7ClF3N/c1-7(6-16)10(11(13,14)15)8-2-4-9(12)5-3-8/h2-5H,1H3/b10-7-. The van der Waals surface area contributed by atoms with Crippen LogP contribution in [0, 0.1) is 11.3 Å². The molecule has 1 nitrogen and oxygen atoms in total. The molecule has 0 saturated heterocycles. The Morgan fingerprint density at radius 2 is 1.75 bits per heavy atom. The van der Waals surface area contributed by atoms with Crippen molar-refractivity contribution in [2.24, 2.45) is 0 Å². The zero-order valence-corrected chi connectivity index (χ0v) is 9.02. The van der Waals surface area contributed by atoms with Crippen LogP contribution in [0.5, 0.6) is 0 Å². The molecule has 0 N–H and O–H groups in total. The number of allylic oxidation sites excluding steroid dienone is 2. The topological polar surface area (TPSA) is 23.8 Å². The minimum atomic E-state index is -4.55. The number of benzene rings is 1. The van der Waals surface area contributed by atoms with Gasteiger partial charge in [-0.05, 0) is 24.6 Å². The Labute approximate surface area is 95.8 Å². The number of nitrogens with zero attached hydrogens (tertiary/aromatic N) is 1. The van der Waals surface area contributed by atoms with Gasteiger partial charge in [0.2, 0.25) is 0 Å². The fourth-order valence-electron chi connectivity index (χ4n) is 1.27. The van der Waals surface area contributed by atoms with Gasteiger partial charge >= 0.3 is 6.18 Å². The first-order chi connectivity index (χ1) is 7.36. The molecule has 0 spiro atoms. The van der Waals surface area contributed by atoms with Crippen LogP contribution < -0.4 is 0 Å². The summed E-state index contributed by atoms with van der Waals surface area (Å²) in [4.78, 5) is 0. The number of hydrogen-bond donors (Lipinski definition) is 0. The van der Waals surface area contributed by atoms with Gasteiger partial charge in [-0.15, -0.1) is 0 Å². The first-order valence-corrected chi connectivity index (χ1v) is 4.68.